The highest BCUT2D eigenvalue weighted by Crippen LogP contribution is 2.28. The van der Waals surface area contributed by atoms with Crippen molar-refractivity contribution in [2.24, 2.45) is 0 Å². The number of carbonyl (C=O) groups excluding carboxylic acids is 2. The number of hydrogen-bond acceptors (Lipinski definition) is 6. The summed E-state index contributed by atoms with van der Waals surface area (Å²) in [5.74, 6) is -1.52. The molecule has 2 aromatic carbocycles. The molecule has 7 nitrogen and oxygen atoms in total. The first-order chi connectivity index (χ1) is 13.3. The molecule has 0 aromatic heterocycles. The maximum absolute atomic E-state index is 12.4. The molecule has 0 radical (unpaired) electrons. The number of esters is 2. The van der Waals surface area contributed by atoms with Crippen molar-refractivity contribution in [1.29, 1.82) is 0 Å². The van der Waals surface area contributed by atoms with Gasteiger partial charge in [-0.2, -0.15) is 0 Å². The second-order valence-electron chi connectivity index (χ2n) is 5.56. The predicted octanol–water partition coefficient (Wildman–Crippen LogP) is 4.45. The van der Waals surface area contributed by atoms with Gasteiger partial charge in [0.05, 0.1) is 15.5 Å². The molecule has 0 spiro atoms. The van der Waals surface area contributed by atoms with Crippen molar-refractivity contribution < 1.29 is 24.0 Å². The zero-order chi connectivity index (χ0) is 20.7. The van der Waals surface area contributed by atoms with Gasteiger partial charge in [0.1, 0.15) is 12.4 Å². The molecular formula is C20H16ClNO6. The highest BCUT2D eigenvalue weighted by molar-refractivity contribution is 6.32. The van der Waals surface area contributed by atoms with Gasteiger partial charge in [0.25, 0.3) is 5.69 Å². The lowest BCUT2D eigenvalue weighted by atomic mass is 10.1. The van der Waals surface area contributed by atoms with Gasteiger partial charge >= 0.3 is 11.9 Å². The molecule has 8 heteroatoms. The van der Waals surface area contributed by atoms with Crippen LogP contribution >= 0.6 is 11.6 Å². The van der Waals surface area contributed by atoms with Gasteiger partial charge in [-0.3, -0.25) is 10.1 Å². The summed E-state index contributed by atoms with van der Waals surface area (Å²) in [5.41, 5.74) is 0.881. The van der Waals surface area contributed by atoms with Gasteiger partial charge in [0.15, 0.2) is 0 Å². The minimum Gasteiger partial charge on any atom is -0.457 e. The molecule has 0 amide bonds. The monoisotopic (exact) mass is 401 g/mol. The van der Waals surface area contributed by atoms with Crippen molar-refractivity contribution in [2.45, 2.75) is 13.5 Å². The number of carbonyl (C=O) groups is 2. The van der Waals surface area contributed by atoms with E-state index in [9.17, 15) is 19.7 Å². The number of halogens is 1. The molecule has 144 valence electrons. The molecular weight excluding hydrogens is 386 g/mol. The van der Waals surface area contributed by atoms with Crippen LogP contribution in [0.1, 0.15) is 18.1 Å². The van der Waals surface area contributed by atoms with Crippen LogP contribution in [0.2, 0.25) is 5.02 Å². The fourth-order valence-electron chi connectivity index (χ4n) is 2.18. The molecule has 2 rings (SSSR count). The summed E-state index contributed by atoms with van der Waals surface area (Å²) in [6, 6.07) is 12.2. The summed E-state index contributed by atoms with van der Waals surface area (Å²) < 4.78 is 10.4. The van der Waals surface area contributed by atoms with E-state index >= 15 is 0 Å². The smallest absolute Gasteiger partial charge is 0.337 e. The quantitative estimate of drug-likeness (QED) is 0.223. The lowest BCUT2D eigenvalue weighted by Crippen LogP contribution is -2.11. The van der Waals surface area contributed by atoms with Crippen LogP contribution in [0.25, 0.3) is 5.76 Å². The SMILES string of the molecule is C=CC(=O)OC(=C(C)C(=O)OCc1ccc([N+](=O)[O-])cc1)c1ccccc1Cl. The third kappa shape index (κ3) is 5.28. The fourth-order valence-corrected chi connectivity index (χ4v) is 2.41. The van der Waals surface area contributed by atoms with E-state index < -0.39 is 16.9 Å². The number of nitro benzene ring substituents is 1. The number of benzene rings is 2. The minimum absolute atomic E-state index is 0.0326. The lowest BCUT2D eigenvalue weighted by Gasteiger charge is -2.13. The highest BCUT2D eigenvalue weighted by Gasteiger charge is 2.20. The molecule has 0 unspecified atom stereocenters. The zero-order valence-corrected chi connectivity index (χ0v) is 15.6. The van der Waals surface area contributed by atoms with E-state index in [2.05, 4.69) is 6.58 Å². The van der Waals surface area contributed by atoms with Gasteiger partial charge in [-0.15, -0.1) is 0 Å². The second-order valence-corrected chi connectivity index (χ2v) is 5.97. The maximum Gasteiger partial charge on any atom is 0.337 e. The van der Waals surface area contributed by atoms with Gasteiger partial charge in [0, 0.05) is 23.8 Å². The van der Waals surface area contributed by atoms with Crippen LogP contribution in [0.4, 0.5) is 5.69 Å². The Hall–Kier alpha value is -3.45. The topological polar surface area (TPSA) is 95.7 Å². The van der Waals surface area contributed by atoms with E-state index in [1.165, 1.54) is 31.2 Å². The van der Waals surface area contributed by atoms with E-state index in [4.69, 9.17) is 21.1 Å². The Morgan fingerprint density at radius 1 is 1.18 bits per heavy atom. The molecule has 0 saturated carbocycles. The summed E-state index contributed by atoms with van der Waals surface area (Å²) >= 11 is 6.15. The van der Waals surface area contributed by atoms with Crippen LogP contribution in [0, 0.1) is 10.1 Å². The molecule has 0 fully saturated rings. The molecule has 0 bridgehead atoms. The first-order valence-electron chi connectivity index (χ1n) is 8.04. The summed E-state index contributed by atoms with van der Waals surface area (Å²) in [7, 11) is 0. The number of nitrogens with zero attached hydrogens (tertiary/aromatic N) is 1. The normalized spacial score (nSPS) is 11.2. The number of non-ortho nitro benzene ring substituents is 1. The van der Waals surface area contributed by atoms with Crippen molar-refractivity contribution in [1.82, 2.24) is 0 Å². The van der Waals surface area contributed by atoms with Crippen LogP contribution in [0.5, 0.6) is 0 Å². The summed E-state index contributed by atoms with van der Waals surface area (Å²) in [5, 5.41) is 11.0. The van der Waals surface area contributed by atoms with E-state index in [-0.39, 0.29) is 28.6 Å². The molecule has 28 heavy (non-hydrogen) atoms. The molecule has 0 aliphatic heterocycles. The average molecular weight is 402 g/mol. The Bertz CT molecular complexity index is 949. The van der Waals surface area contributed by atoms with Gasteiger partial charge < -0.3 is 9.47 Å². The van der Waals surface area contributed by atoms with Crippen molar-refractivity contribution in [2.75, 3.05) is 0 Å². The average Bonchev–Trinajstić information content (AvgIpc) is 2.70. The molecule has 0 aliphatic rings. The van der Waals surface area contributed by atoms with Crippen molar-refractivity contribution in [3.63, 3.8) is 0 Å². The third-order valence-corrected chi connectivity index (χ3v) is 3.98. The molecule has 0 heterocycles. The largest absolute Gasteiger partial charge is 0.457 e. The Morgan fingerprint density at radius 3 is 2.39 bits per heavy atom. The lowest BCUT2D eigenvalue weighted by molar-refractivity contribution is -0.384. The fraction of sp³-hybridized carbons (Fsp3) is 0.100. The van der Waals surface area contributed by atoms with Crippen LogP contribution in [0.15, 0.2) is 66.8 Å². The molecule has 0 aliphatic carbocycles. The maximum atomic E-state index is 12.4. The number of rotatable bonds is 7. The Morgan fingerprint density at radius 2 is 1.82 bits per heavy atom. The Labute approximate surface area is 166 Å². The second kappa shape index (κ2) is 9.48. The van der Waals surface area contributed by atoms with E-state index in [1.807, 2.05) is 0 Å². The number of nitro groups is 1. The molecule has 0 N–H and O–H groups in total. The Kier molecular flexibility index (Phi) is 7.06. The predicted molar refractivity (Wildman–Crippen MR) is 103 cm³/mol. The molecule has 2 aromatic rings. The number of hydrogen-bond donors (Lipinski definition) is 0. The van der Waals surface area contributed by atoms with Crippen molar-refractivity contribution in [3.05, 3.63) is 93.0 Å². The third-order valence-electron chi connectivity index (χ3n) is 3.65. The Balaban J connectivity index is 2.24. The van der Waals surface area contributed by atoms with Crippen molar-refractivity contribution in [3.8, 4) is 0 Å². The van der Waals surface area contributed by atoms with E-state index in [1.54, 1.807) is 24.3 Å². The first kappa shape index (κ1) is 20.9. The molecule has 0 atom stereocenters. The van der Waals surface area contributed by atoms with Crippen LogP contribution in [0.3, 0.4) is 0 Å². The molecule has 0 saturated heterocycles. The summed E-state index contributed by atoms with van der Waals surface area (Å²) in [6.45, 7) is 4.66. The minimum atomic E-state index is -0.752. The summed E-state index contributed by atoms with van der Waals surface area (Å²) in [4.78, 5) is 34.3. The van der Waals surface area contributed by atoms with Gasteiger partial charge in [-0.1, -0.05) is 30.3 Å². The zero-order valence-electron chi connectivity index (χ0n) is 14.9. The van der Waals surface area contributed by atoms with E-state index in [0.717, 1.165) is 6.08 Å². The standard InChI is InChI=1S/C20H16ClNO6/c1-3-18(23)28-19(16-6-4-5-7-17(16)21)13(2)20(24)27-12-14-8-10-15(11-9-14)22(25)26/h3-11H,1,12H2,2H3. The van der Waals surface area contributed by atoms with Gasteiger partial charge in [-0.25, -0.2) is 9.59 Å². The van der Waals surface area contributed by atoms with Gasteiger partial charge in [-0.05, 0) is 36.8 Å². The van der Waals surface area contributed by atoms with Gasteiger partial charge in [0.2, 0.25) is 0 Å². The first-order valence-corrected chi connectivity index (χ1v) is 8.41. The van der Waals surface area contributed by atoms with E-state index in [0.29, 0.717) is 11.1 Å². The van der Waals surface area contributed by atoms with Crippen molar-refractivity contribution >= 4 is 35.0 Å². The van der Waals surface area contributed by atoms with Crippen LogP contribution < -0.4 is 0 Å². The van der Waals surface area contributed by atoms with Crippen LogP contribution in [-0.2, 0) is 25.7 Å². The summed E-state index contributed by atoms with van der Waals surface area (Å²) in [6.07, 6.45) is 0.965. The van der Waals surface area contributed by atoms with Crippen LogP contribution in [-0.4, -0.2) is 16.9 Å². The number of ether oxygens (including phenoxy) is 2. The highest BCUT2D eigenvalue weighted by atomic mass is 35.5.